The summed E-state index contributed by atoms with van der Waals surface area (Å²) in [5.41, 5.74) is 6.30. The molecular formula is C22H26BrN3O3S. The summed E-state index contributed by atoms with van der Waals surface area (Å²) in [6.07, 6.45) is 4.72. The molecule has 2 rings (SSSR count). The Morgan fingerprint density at radius 2 is 1.80 bits per heavy atom. The Labute approximate surface area is 190 Å². The third-order valence-electron chi connectivity index (χ3n) is 4.20. The van der Waals surface area contributed by atoms with Gasteiger partial charge in [-0.15, -0.1) is 0 Å². The number of amides is 2. The van der Waals surface area contributed by atoms with Crippen molar-refractivity contribution in [1.82, 2.24) is 16.2 Å². The first-order valence-corrected chi connectivity index (χ1v) is 11.1. The van der Waals surface area contributed by atoms with Crippen molar-refractivity contribution >= 4 is 45.1 Å². The molecule has 160 valence electrons. The summed E-state index contributed by atoms with van der Waals surface area (Å²) in [6, 6.07) is 14.4. The van der Waals surface area contributed by atoms with E-state index in [0.29, 0.717) is 22.4 Å². The van der Waals surface area contributed by atoms with Gasteiger partial charge in [0.25, 0.3) is 5.91 Å². The zero-order chi connectivity index (χ0) is 21.8. The molecule has 0 atom stereocenters. The Morgan fingerprint density at radius 3 is 2.50 bits per heavy atom. The molecule has 0 aliphatic heterocycles. The first-order chi connectivity index (χ1) is 14.5. The first kappa shape index (κ1) is 23.8. The summed E-state index contributed by atoms with van der Waals surface area (Å²) in [6.45, 7) is 2.81. The van der Waals surface area contributed by atoms with E-state index < -0.39 is 0 Å². The van der Waals surface area contributed by atoms with Crippen LogP contribution in [0.5, 0.6) is 5.75 Å². The molecule has 0 aromatic heterocycles. The molecule has 0 unspecified atom stereocenters. The molecule has 2 aromatic carbocycles. The maximum atomic E-state index is 12.4. The second kappa shape index (κ2) is 13.0. The van der Waals surface area contributed by atoms with Crippen LogP contribution in [0.3, 0.4) is 0 Å². The van der Waals surface area contributed by atoms with Gasteiger partial charge in [-0.2, -0.15) is 0 Å². The van der Waals surface area contributed by atoms with Crippen molar-refractivity contribution in [2.75, 3.05) is 6.61 Å². The number of rotatable bonds is 9. The van der Waals surface area contributed by atoms with Crippen molar-refractivity contribution in [3.8, 4) is 5.75 Å². The van der Waals surface area contributed by atoms with Gasteiger partial charge in [0.15, 0.2) is 5.11 Å². The number of hydrogen-bond donors (Lipinski definition) is 3. The molecular weight excluding hydrogens is 466 g/mol. The lowest BCUT2D eigenvalue weighted by atomic mass is 10.1. The molecule has 3 N–H and O–H groups in total. The highest BCUT2D eigenvalue weighted by molar-refractivity contribution is 9.10. The van der Waals surface area contributed by atoms with E-state index in [1.54, 1.807) is 18.2 Å². The van der Waals surface area contributed by atoms with Gasteiger partial charge >= 0.3 is 0 Å². The lowest BCUT2D eigenvalue weighted by molar-refractivity contribution is -0.121. The van der Waals surface area contributed by atoms with Crippen LogP contribution in [-0.2, 0) is 11.2 Å². The van der Waals surface area contributed by atoms with Crippen LogP contribution in [0, 0.1) is 0 Å². The predicted octanol–water partition coefficient (Wildman–Crippen LogP) is 4.29. The van der Waals surface area contributed by atoms with Crippen molar-refractivity contribution in [3.63, 3.8) is 0 Å². The monoisotopic (exact) mass is 491 g/mol. The Morgan fingerprint density at radius 1 is 1.03 bits per heavy atom. The molecule has 0 heterocycles. The van der Waals surface area contributed by atoms with Crippen LogP contribution in [-0.4, -0.2) is 23.5 Å². The van der Waals surface area contributed by atoms with Crippen molar-refractivity contribution in [1.29, 1.82) is 0 Å². The molecule has 0 bridgehead atoms. The van der Waals surface area contributed by atoms with Gasteiger partial charge in [0.2, 0.25) is 5.91 Å². The van der Waals surface area contributed by atoms with Crippen LogP contribution >= 0.6 is 28.1 Å². The number of hydrazine groups is 1. The molecule has 0 saturated heterocycles. The molecule has 0 aliphatic carbocycles. The zero-order valence-electron chi connectivity index (χ0n) is 16.9. The minimum Gasteiger partial charge on any atom is -0.492 e. The number of hydrogen-bond acceptors (Lipinski definition) is 4. The standard InChI is InChI=1S/C22H26BrN3O3S/c1-2-3-4-8-13-29-19-12-11-17(15-18(19)23)21(28)24-22(30)26-25-20(27)14-16-9-6-5-7-10-16/h5-7,9-12,15H,2-4,8,13-14H2,1H3,(H,25,27)(H2,24,26,28,30). The number of carbonyl (C=O) groups excluding carboxylic acids is 2. The van der Waals surface area contributed by atoms with Gasteiger partial charge in [0, 0.05) is 5.56 Å². The topological polar surface area (TPSA) is 79.5 Å². The SMILES string of the molecule is CCCCCCOc1ccc(C(=O)NC(=S)NNC(=O)Cc2ccccc2)cc1Br. The number of unbranched alkanes of at least 4 members (excludes halogenated alkanes) is 3. The lowest BCUT2D eigenvalue weighted by Gasteiger charge is -2.12. The van der Waals surface area contributed by atoms with Gasteiger partial charge in [0.05, 0.1) is 17.5 Å². The maximum Gasteiger partial charge on any atom is 0.257 e. The number of ether oxygens (including phenoxy) is 1. The minimum atomic E-state index is -0.389. The van der Waals surface area contributed by atoms with Crippen molar-refractivity contribution in [3.05, 3.63) is 64.1 Å². The lowest BCUT2D eigenvalue weighted by Crippen LogP contribution is -2.48. The van der Waals surface area contributed by atoms with Crippen molar-refractivity contribution in [2.45, 2.75) is 39.0 Å². The largest absolute Gasteiger partial charge is 0.492 e. The number of halogens is 1. The van der Waals surface area contributed by atoms with E-state index >= 15 is 0 Å². The van der Waals surface area contributed by atoms with Gasteiger partial charge in [-0.3, -0.25) is 25.8 Å². The van der Waals surface area contributed by atoms with E-state index in [4.69, 9.17) is 17.0 Å². The number of benzene rings is 2. The maximum absolute atomic E-state index is 12.4. The fourth-order valence-corrected chi connectivity index (χ4v) is 3.27. The molecule has 30 heavy (non-hydrogen) atoms. The molecule has 0 radical (unpaired) electrons. The van der Waals surface area contributed by atoms with Gasteiger partial charge < -0.3 is 4.74 Å². The summed E-state index contributed by atoms with van der Waals surface area (Å²) < 4.78 is 6.44. The van der Waals surface area contributed by atoms with Crippen LogP contribution in [0.4, 0.5) is 0 Å². The number of carbonyl (C=O) groups is 2. The van der Waals surface area contributed by atoms with E-state index in [9.17, 15) is 9.59 Å². The summed E-state index contributed by atoms with van der Waals surface area (Å²) in [5.74, 6) is 0.0397. The molecule has 8 heteroatoms. The Hall–Kier alpha value is -2.45. The molecule has 2 aromatic rings. The van der Waals surface area contributed by atoms with Crippen molar-refractivity contribution in [2.24, 2.45) is 0 Å². The fraction of sp³-hybridized carbons (Fsp3) is 0.318. The summed E-state index contributed by atoms with van der Waals surface area (Å²) in [7, 11) is 0. The highest BCUT2D eigenvalue weighted by atomic mass is 79.9. The molecule has 0 aliphatic rings. The summed E-state index contributed by atoms with van der Waals surface area (Å²) in [4.78, 5) is 24.3. The van der Waals surface area contributed by atoms with Crippen LogP contribution in [0.25, 0.3) is 0 Å². The Balaban J connectivity index is 1.77. The Bertz CT molecular complexity index is 862. The van der Waals surface area contributed by atoms with Crippen LogP contribution in [0.15, 0.2) is 53.0 Å². The minimum absolute atomic E-state index is 0.00813. The fourth-order valence-electron chi connectivity index (χ4n) is 2.63. The van der Waals surface area contributed by atoms with Crippen LogP contribution in [0.2, 0.25) is 0 Å². The number of nitrogens with one attached hydrogen (secondary N) is 3. The van der Waals surface area contributed by atoms with Crippen LogP contribution in [0.1, 0.15) is 48.5 Å². The van der Waals surface area contributed by atoms with E-state index in [1.807, 2.05) is 30.3 Å². The third-order valence-corrected chi connectivity index (χ3v) is 5.02. The number of thiocarbonyl (C=S) groups is 1. The molecule has 2 amide bonds. The average Bonchev–Trinajstić information content (AvgIpc) is 2.73. The summed E-state index contributed by atoms with van der Waals surface area (Å²) in [5, 5.41) is 2.54. The summed E-state index contributed by atoms with van der Waals surface area (Å²) >= 11 is 8.51. The molecule has 0 saturated carbocycles. The molecule has 0 spiro atoms. The second-order valence-electron chi connectivity index (χ2n) is 6.67. The average molecular weight is 492 g/mol. The smallest absolute Gasteiger partial charge is 0.257 e. The van der Waals surface area contributed by atoms with E-state index in [0.717, 1.165) is 18.4 Å². The van der Waals surface area contributed by atoms with Gasteiger partial charge in [-0.05, 0) is 58.3 Å². The van der Waals surface area contributed by atoms with Gasteiger partial charge in [-0.25, -0.2) is 0 Å². The second-order valence-corrected chi connectivity index (χ2v) is 7.94. The van der Waals surface area contributed by atoms with Gasteiger partial charge in [0.1, 0.15) is 5.75 Å². The zero-order valence-corrected chi connectivity index (χ0v) is 19.3. The third kappa shape index (κ3) is 8.51. The van der Waals surface area contributed by atoms with Crippen molar-refractivity contribution < 1.29 is 14.3 Å². The van der Waals surface area contributed by atoms with E-state index in [2.05, 4.69) is 39.0 Å². The van der Waals surface area contributed by atoms with Crippen LogP contribution < -0.4 is 20.9 Å². The molecule has 0 fully saturated rings. The highest BCUT2D eigenvalue weighted by Gasteiger charge is 2.11. The van der Waals surface area contributed by atoms with Gasteiger partial charge in [-0.1, -0.05) is 56.5 Å². The quantitative estimate of drug-likeness (QED) is 0.277. The Kier molecular flexibility index (Phi) is 10.3. The molecule has 6 nitrogen and oxygen atoms in total. The van der Waals surface area contributed by atoms with E-state index in [1.165, 1.54) is 12.8 Å². The predicted molar refractivity (Wildman–Crippen MR) is 125 cm³/mol. The van der Waals surface area contributed by atoms with E-state index in [-0.39, 0.29) is 23.3 Å². The highest BCUT2D eigenvalue weighted by Crippen LogP contribution is 2.26. The normalized spacial score (nSPS) is 10.2. The first-order valence-electron chi connectivity index (χ1n) is 9.86.